The molecule has 0 radical (unpaired) electrons. The maximum atomic E-state index is 6.02. The molecule has 0 saturated carbocycles. The van der Waals surface area contributed by atoms with Crippen molar-refractivity contribution in [3.05, 3.63) is 35.4 Å². The molecule has 3 nitrogen and oxygen atoms in total. The van der Waals surface area contributed by atoms with Crippen molar-refractivity contribution in [2.24, 2.45) is 0 Å². The van der Waals surface area contributed by atoms with Crippen molar-refractivity contribution in [1.29, 1.82) is 0 Å². The van der Waals surface area contributed by atoms with Crippen molar-refractivity contribution >= 4 is 34.6 Å². The number of rotatable bonds is 4. The molecule has 17 heavy (non-hydrogen) atoms. The van der Waals surface area contributed by atoms with Gasteiger partial charge in [0, 0.05) is 17.6 Å². The quantitative estimate of drug-likeness (QED) is 0.651. The fourth-order valence-electron chi connectivity index (χ4n) is 1.26. The number of aryl methyl sites for hydroxylation is 1. The van der Waals surface area contributed by atoms with Crippen LogP contribution >= 0.6 is 23.8 Å². The minimum absolute atomic E-state index is 0.518. The summed E-state index contributed by atoms with van der Waals surface area (Å²) >= 11 is 11.1. The van der Waals surface area contributed by atoms with Crippen molar-refractivity contribution in [1.82, 2.24) is 5.32 Å². The van der Waals surface area contributed by atoms with Crippen molar-refractivity contribution in [3.8, 4) is 5.75 Å². The van der Waals surface area contributed by atoms with Crippen molar-refractivity contribution in [2.45, 2.75) is 6.92 Å². The predicted octanol–water partition coefficient (Wildman–Crippen LogP) is 3.13. The third-order valence-corrected chi connectivity index (χ3v) is 2.79. The molecule has 1 aromatic rings. The van der Waals surface area contributed by atoms with E-state index in [9.17, 15) is 0 Å². The molecule has 0 bridgehead atoms. The average molecular weight is 271 g/mol. The van der Waals surface area contributed by atoms with Crippen LogP contribution in [0.4, 0.5) is 5.69 Å². The van der Waals surface area contributed by atoms with Gasteiger partial charge in [-0.05, 0) is 30.8 Å². The first-order valence-electron chi connectivity index (χ1n) is 5.08. The number of ether oxygens (including phenoxy) is 1. The lowest BCUT2D eigenvalue weighted by Gasteiger charge is -2.14. The summed E-state index contributed by atoms with van der Waals surface area (Å²) in [7, 11) is 1.59. The highest BCUT2D eigenvalue weighted by atomic mass is 35.5. The van der Waals surface area contributed by atoms with E-state index in [0.29, 0.717) is 22.4 Å². The number of benzene rings is 1. The Morgan fingerprint density at radius 3 is 2.88 bits per heavy atom. The van der Waals surface area contributed by atoms with Crippen LogP contribution in [0.2, 0.25) is 5.02 Å². The summed E-state index contributed by atoms with van der Waals surface area (Å²) in [5, 5.41) is 7.22. The lowest BCUT2D eigenvalue weighted by Crippen LogP contribution is -2.28. The molecule has 1 aromatic carbocycles. The standard InChI is InChI=1S/C12H15ClN2OS/c1-4-5-14-12(17)15-10-6-8(2)9(13)7-11(10)16-3/h4,6-7H,1,5H2,2-3H3,(H2,14,15,17). The van der Waals surface area contributed by atoms with Crippen LogP contribution in [-0.2, 0) is 0 Å². The molecule has 0 unspecified atom stereocenters. The van der Waals surface area contributed by atoms with Gasteiger partial charge in [0.2, 0.25) is 0 Å². The minimum atomic E-state index is 0.518. The first-order valence-corrected chi connectivity index (χ1v) is 5.87. The number of nitrogens with one attached hydrogen (secondary N) is 2. The largest absolute Gasteiger partial charge is 0.495 e. The van der Waals surface area contributed by atoms with Crippen LogP contribution in [0.15, 0.2) is 24.8 Å². The van der Waals surface area contributed by atoms with E-state index in [4.69, 9.17) is 28.6 Å². The topological polar surface area (TPSA) is 33.3 Å². The maximum Gasteiger partial charge on any atom is 0.171 e. The van der Waals surface area contributed by atoms with E-state index in [0.717, 1.165) is 11.3 Å². The van der Waals surface area contributed by atoms with Gasteiger partial charge in [-0.15, -0.1) is 6.58 Å². The van der Waals surface area contributed by atoms with Crippen molar-refractivity contribution in [2.75, 3.05) is 19.0 Å². The van der Waals surface area contributed by atoms with Gasteiger partial charge in [-0.1, -0.05) is 17.7 Å². The molecule has 0 spiro atoms. The lowest BCUT2D eigenvalue weighted by molar-refractivity contribution is 0.417. The average Bonchev–Trinajstić information content (AvgIpc) is 2.31. The van der Waals surface area contributed by atoms with Crippen LogP contribution in [0, 0.1) is 6.92 Å². The molecule has 0 saturated heterocycles. The summed E-state index contributed by atoms with van der Waals surface area (Å²) < 4.78 is 5.23. The zero-order valence-corrected chi connectivity index (χ0v) is 11.4. The minimum Gasteiger partial charge on any atom is -0.495 e. The summed E-state index contributed by atoms with van der Waals surface area (Å²) in [5.74, 6) is 0.656. The Labute approximate surface area is 112 Å². The molecule has 0 aliphatic heterocycles. The molecule has 5 heteroatoms. The molecular weight excluding hydrogens is 256 g/mol. The third kappa shape index (κ3) is 3.91. The van der Waals surface area contributed by atoms with Gasteiger partial charge < -0.3 is 15.4 Å². The normalized spacial score (nSPS) is 9.59. The molecule has 0 amide bonds. The molecule has 0 aliphatic carbocycles. The Morgan fingerprint density at radius 1 is 1.59 bits per heavy atom. The second-order valence-electron chi connectivity index (χ2n) is 3.43. The first-order chi connectivity index (χ1) is 8.08. The molecule has 92 valence electrons. The van der Waals surface area contributed by atoms with Gasteiger partial charge in [-0.2, -0.15) is 0 Å². The molecule has 0 fully saturated rings. The number of anilines is 1. The number of thiocarbonyl (C=S) groups is 1. The van der Waals surface area contributed by atoms with Crippen LogP contribution in [0.1, 0.15) is 5.56 Å². The van der Waals surface area contributed by atoms with Gasteiger partial charge in [0.15, 0.2) is 5.11 Å². The molecule has 0 heterocycles. The molecular formula is C12H15ClN2OS. The Kier molecular flexibility index (Phi) is 5.25. The Bertz CT molecular complexity index is 435. The Balaban J connectivity index is 2.85. The highest BCUT2D eigenvalue weighted by molar-refractivity contribution is 7.80. The summed E-state index contributed by atoms with van der Waals surface area (Å²) in [5.41, 5.74) is 1.75. The molecule has 2 N–H and O–H groups in total. The van der Waals surface area contributed by atoms with Gasteiger partial charge in [-0.25, -0.2) is 0 Å². The summed E-state index contributed by atoms with van der Waals surface area (Å²) in [6.07, 6.45) is 1.73. The zero-order chi connectivity index (χ0) is 12.8. The fourth-order valence-corrected chi connectivity index (χ4v) is 1.61. The lowest BCUT2D eigenvalue weighted by atomic mass is 10.2. The predicted molar refractivity (Wildman–Crippen MR) is 77.2 cm³/mol. The Hall–Kier alpha value is -1.26. The van der Waals surface area contributed by atoms with Crippen LogP contribution < -0.4 is 15.4 Å². The number of hydrogen-bond acceptors (Lipinski definition) is 2. The van der Waals surface area contributed by atoms with E-state index in [2.05, 4.69) is 17.2 Å². The SMILES string of the molecule is C=CCNC(=S)Nc1cc(C)c(Cl)cc1OC. The summed E-state index contributed by atoms with van der Waals surface area (Å²) in [4.78, 5) is 0. The van der Waals surface area contributed by atoms with Gasteiger partial charge in [0.1, 0.15) is 5.75 Å². The van der Waals surface area contributed by atoms with E-state index in [1.165, 1.54) is 0 Å². The van der Waals surface area contributed by atoms with Gasteiger partial charge in [0.05, 0.1) is 12.8 Å². The van der Waals surface area contributed by atoms with Crippen LogP contribution in [0.3, 0.4) is 0 Å². The third-order valence-electron chi connectivity index (χ3n) is 2.14. The smallest absolute Gasteiger partial charge is 0.171 e. The Morgan fingerprint density at radius 2 is 2.29 bits per heavy atom. The second kappa shape index (κ2) is 6.47. The van der Waals surface area contributed by atoms with Gasteiger partial charge >= 0.3 is 0 Å². The van der Waals surface area contributed by atoms with E-state index in [-0.39, 0.29) is 0 Å². The molecule has 1 rings (SSSR count). The van der Waals surface area contributed by atoms with E-state index in [1.807, 2.05) is 13.0 Å². The second-order valence-corrected chi connectivity index (χ2v) is 4.24. The van der Waals surface area contributed by atoms with Crippen LogP contribution in [-0.4, -0.2) is 18.8 Å². The van der Waals surface area contributed by atoms with Crippen LogP contribution in [0.25, 0.3) is 0 Å². The highest BCUT2D eigenvalue weighted by Crippen LogP contribution is 2.30. The van der Waals surface area contributed by atoms with Gasteiger partial charge in [-0.3, -0.25) is 0 Å². The summed E-state index contributed by atoms with van der Waals surface area (Å²) in [6.45, 7) is 6.14. The zero-order valence-electron chi connectivity index (χ0n) is 9.84. The summed E-state index contributed by atoms with van der Waals surface area (Å²) in [6, 6.07) is 3.65. The number of hydrogen-bond donors (Lipinski definition) is 2. The fraction of sp³-hybridized carbons (Fsp3) is 0.250. The van der Waals surface area contributed by atoms with Crippen molar-refractivity contribution < 1.29 is 4.74 Å². The van der Waals surface area contributed by atoms with Gasteiger partial charge in [0.25, 0.3) is 0 Å². The van der Waals surface area contributed by atoms with Crippen LogP contribution in [0.5, 0.6) is 5.75 Å². The number of halogens is 1. The van der Waals surface area contributed by atoms with Crippen molar-refractivity contribution in [3.63, 3.8) is 0 Å². The molecule has 0 aromatic heterocycles. The van der Waals surface area contributed by atoms with E-state index in [1.54, 1.807) is 19.3 Å². The maximum absolute atomic E-state index is 6.02. The molecule has 0 aliphatic rings. The number of methoxy groups -OCH3 is 1. The first kappa shape index (κ1) is 13.8. The van der Waals surface area contributed by atoms with E-state index < -0.39 is 0 Å². The highest BCUT2D eigenvalue weighted by Gasteiger charge is 2.07. The monoisotopic (exact) mass is 270 g/mol. The molecule has 0 atom stereocenters. The van der Waals surface area contributed by atoms with E-state index >= 15 is 0 Å².